The van der Waals surface area contributed by atoms with Crippen LogP contribution in [0.4, 0.5) is 0 Å². The first-order valence-electron chi connectivity index (χ1n) is 8.25. The number of hydrogen-bond acceptors (Lipinski definition) is 4. The first-order chi connectivity index (χ1) is 11.3. The minimum atomic E-state index is -0.125. The fourth-order valence-electron chi connectivity index (χ4n) is 2.63. The Labute approximate surface area is 143 Å². The average molecular weight is 333 g/mol. The molecule has 0 radical (unpaired) electrons. The molecule has 0 fully saturated rings. The van der Waals surface area contributed by atoms with Crippen molar-refractivity contribution in [3.8, 4) is 11.3 Å². The number of nitrogens with zero attached hydrogens (tertiary/aromatic N) is 4. The molecule has 0 aliphatic rings. The summed E-state index contributed by atoms with van der Waals surface area (Å²) in [6.07, 6.45) is 1.00. The van der Waals surface area contributed by atoms with Gasteiger partial charge in [0.05, 0.1) is 17.5 Å². The van der Waals surface area contributed by atoms with Crippen molar-refractivity contribution in [2.75, 3.05) is 13.2 Å². The quantitative estimate of drug-likeness (QED) is 0.786. The highest BCUT2D eigenvalue weighted by molar-refractivity contribution is 5.93. The summed E-state index contributed by atoms with van der Waals surface area (Å²) in [7, 11) is 3.68. The van der Waals surface area contributed by atoms with E-state index in [2.05, 4.69) is 15.5 Å². The van der Waals surface area contributed by atoms with E-state index in [-0.39, 0.29) is 12.0 Å². The van der Waals surface area contributed by atoms with E-state index in [4.69, 9.17) is 4.74 Å². The van der Waals surface area contributed by atoms with Crippen molar-refractivity contribution < 1.29 is 9.53 Å². The van der Waals surface area contributed by atoms with Gasteiger partial charge < -0.3 is 10.1 Å². The summed E-state index contributed by atoms with van der Waals surface area (Å²) in [5.74, 6) is -0.125. The second-order valence-corrected chi connectivity index (χ2v) is 6.24. The molecule has 7 nitrogen and oxygen atoms in total. The second kappa shape index (κ2) is 7.61. The standard InChI is InChI=1S/C17H27N5O2/c1-11(2)24-9-7-8-18-17(23)15-10-14(20-22(15)6)16-12(3)19-21(5)13(16)4/h10-11H,7-9H2,1-6H3,(H,18,23). The van der Waals surface area contributed by atoms with Crippen LogP contribution >= 0.6 is 0 Å². The molecule has 0 aliphatic carbocycles. The summed E-state index contributed by atoms with van der Waals surface area (Å²) in [6, 6.07) is 1.82. The van der Waals surface area contributed by atoms with Gasteiger partial charge in [0.2, 0.25) is 0 Å². The number of hydrogen-bond donors (Lipinski definition) is 1. The van der Waals surface area contributed by atoms with Gasteiger partial charge in [0.25, 0.3) is 5.91 Å². The molecule has 24 heavy (non-hydrogen) atoms. The number of amides is 1. The minimum Gasteiger partial charge on any atom is -0.379 e. The minimum absolute atomic E-state index is 0.125. The lowest BCUT2D eigenvalue weighted by Crippen LogP contribution is -2.27. The van der Waals surface area contributed by atoms with Crippen molar-refractivity contribution in [1.29, 1.82) is 0 Å². The lowest BCUT2D eigenvalue weighted by Gasteiger charge is -2.08. The van der Waals surface area contributed by atoms with E-state index < -0.39 is 0 Å². The summed E-state index contributed by atoms with van der Waals surface area (Å²) in [4.78, 5) is 12.3. The highest BCUT2D eigenvalue weighted by Gasteiger charge is 2.18. The van der Waals surface area contributed by atoms with Gasteiger partial charge in [0.15, 0.2) is 0 Å². The summed E-state index contributed by atoms with van der Waals surface area (Å²) in [5.41, 5.74) is 4.23. The fourth-order valence-corrected chi connectivity index (χ4v) is 2.63. The van der Waals surface area contributed by atoms with Crippen LogP contribution in [0.5, 0.6) is 0 Å². The van der Waals surface area contributed by atoms with Crippen LogP contribution in [0, 0.1) is 13.8 Å². The van der Waals surface area contributed by atoms with E-state index in [1.165, 1.54) is 0 Å². The molecule has 0 bridgehead atoms. The molecule has 2 rings (SSSR count). The number of aromatic nitrogens is 4. The summed E-state index contributed by atoms with van der Waals surface area (Å²) in [6.45, 7) is 9.17. The molecular weight excluding hydrogens is 306 g/mol. The van der Waals surface area contributed by atoms with Crippen LogP contribution in [0.15, 0.2) is 6.07 Å². The number of carbonyl (C=O) groups is 1. The topological polar surface area (TPSA) is 74.0 Å². The number of aryl methyl sites for hydroxylation is 3. The average Bonchev–Trinajstić information content (AvgIpc) is 2.98. The van der Waals surface area contributed by atoms with Crippen molar-refractivity contribution >= 4 is 5.91 Å². The van der Waals surface area contributed by atoms with Gasteiger partial charge in [-0.1, -0.05) is 0 Å². The SMILES string of the molecule is Cc1nn(C)c(C)c1-c1cc(C(=O)NCCCOC(C)C)n(C)n1. The molecule has 0 unspecified atom stereocenters. The molecule has 0 aromatic carbocycles. The second-order valence-electron chi connectivity index (χ2n) is 6.24. The van der Waals surface area contributed by atoms with Crippen LogP contribution in [-0.4, -0.2) is 44.7 Å². The van der Waals surface area contributed by atoms with Crippen LogP contribution in [-0.2, 0) is 18.8 Å². The summed E-state index contributed by atoms with van der Waals surface area (Å²) < 4.78 is 8.91. The number of rotatable bonds is 7. The Morgan fingerprint density at radius 1 is 1.25 bits per heavy atom. The van der Waals surface area contributed by atoms with Crippen molar-refractivity contribution in [3.05, 3.63) is 23.1 Å². The summed E-state index contributed by atoms with van der Waals surface area (Å²) >= 11 is 0. The van der Waals surface area contributed by atoms with Gasteiger partial charge in [0.1, 0.15) is 5.69 Å². The molecule has 1 amide bonds. The lowest BCUT2D eigenvalue weighted by molar-refractivity contribution is 0.0756. The third kappa shape index (κ3) is 4.03. The molecule has 2 aromatic rings. The third-order valence-corrected chi connectivity index (χ3v) is 3.94. The van der Waals surface area contributed by atoms with Crippen molar-refractivity contribution in [3.63, 3.8) is 0 Å². The monoisotopic (exact) mass is 333 g/mol. The molecule has 132 valence electrons. The van der Waals surface area contributed by atoms with Crippen molar-refractivity contribution in [2.24, 2.45) is 14.1 Å². The Hall–Kier alpha value is -2.15. The van der Waals surface area contributed by atoms with Crippen molar-refractivity contribution in [2.45, 2.75) is 40.2 Å². The molecule has 1 N–H and O–H groups in total. The Balaban J connectivity index is 2.04. The Morgan fingerprint density at radius 2 is 1.96 bits per heavy atom. The Morgan fingerprint density at radius 3 is 2.54 bits per heavy atom. The molecule has 7 heteroatoms. The van der Waals surface area contributed by atoms with E-state index in [9.17, 15) is 4.79 Å². The van der Waals surface area contributed by atoms with Gasteiger partial charge in [0, 0.05) is 38.5 Å². The van der Waals surface area contributed by atoms with Crippen LogP contribution in [0.25, 0.3) is 11.3 Å². The first-order valence-corrected chi connectivity index (χ1v) is 8.25. The zero-order valence-electron chi connectivity index (χ0n) is 15.4. The van der Waals surface area contributed by atoms with Crippen molar-refractivity contribution in [1.82, 2.24) is 24.9 Å². The van der Waals surface area contributed by atoms with Gasteiger partial charge >= 0.3 is 0 Å². The normalized spacial score (nSPS) is 11.3. The lowest BCUT2D eigenvalue weighted by atomic mass is 10.1. The van der Waals surface area contributed by atoms with Crippen LogP contribution in [0.1, 0.15) is 42.1 Å². The van der Waals surface area contributed by atoms with Gasteiger partial charge in [-0.15, -0.1) is 0 Å². The molecule has 0 saturated carbocycles. The molecule has 2 heterocycles. The molecule has 0 atom stereocenters. The molecule has 0 saturated heterocycles. The largest absolute Gasteiger partial charge is 0.379 e. The molecular formula is C17H27N5O2. The molecule has 0 aliphatic heterocycles. The van der Waals surface area contributed by atoms with Gasteiger partial charge in [-0.2, -0.15) is 10.2 Å². The predicted molar refractivity (Wildman–Crippen MR) is 92.9 cm³/mol. The van der Waals surface area contributed by atoms with E-state index in [1.54, 1.807) is 11.7 Å². The van der Waals surface area contributed by atoms with Gasteiger partial charge in [-0.3, -0.25) is 14.2 Å². The van der Waals surface area contributed by atoms with Crippen LogP contribution in [0.2, 0.25) is 0 Å². The van der Waals surface area contributed by atoms with E-state index in [1.807, 2.05) is 45.5 Å². The Kier molecular flexibility index (Phi) is 5.77. The maximum atomic E-state index is 12.3. The zero-order valence-corrected chi connectivity index (χ0v) is 15.4. The predicted octanol–water partition coefficient (Wildman–Crippen LogP) is 1.98. The molecule has 0 spiro atoms. The van der Waals surface area contributed by atoms with Crippen LogP contribution < -0.4 is 5.32 Å². The van der Waals surface area contributed by atoms with E-state index in [0.717, 1.165) is 29.1 Å². The maximum absolute atomic E-state index is 12.3. The summed E-state index contributed by atoms with van der Waals surface area (Å²) in [5, 5.41) is 11.8. The highest BCUT2D eigenvalue weighted by atomic mass is 16.5. The third-order valence-electron chi connectivity index (χ3n) is 3.94. The van der Waals surface area contributed by atoms with E-state index >= 15 is 0 Å². The molecule has 2 aromatic heterocycles. The number of nitrogens with one attached hydrogen (secondary N) is 1. The highest BCUT2D eigenvalue weighted by Crippen LogP contribution is 2.25. The first kappa shape index (κ1) is 18.2. The fraction of sp³-hybridized carbons (Fsp3) is 0.588. The zero-order chi connectivity index (χ0) is 17.9. The van der Waals surface area contributed by atoms with Gasteiger partial charge in [-0.25, -0.2) is 0 Å². The van der Waals surface area contributed by atoms with Gasteiger partial charge in [-0.05, 0) is 40.2 Å². The number of carbonyl (C=O) groups excluding carboxylic acids is 1. The van der Waals surface area contributed by atoms with Crippen LogP contribution in [0.3, 0.4) is 0 Å². The maximum Gasteiger partial charge on any atom is 0.269 e. The smallest absolute Gasteiger partial charge is 0.269 e. The Bertz CT molecular complexity index is 715. The van der Waals surface area contributed by atoms with E-state index in [0.29, 0.717) is 18.8 Å². The number of ether oxygens (including phenoxy) is 1.